The molecule has 2 N–H and O–H groups in total. The number of carbonyl (C=O) groups is 5. The first kappa shape index (κ1) is 27.4. The van der Waals surface area contributed by atoms with Gasteiger partial charge >= 0.3 is 0 Å². The fraction of sp³-hybridized carbons (Fsp3) is 0.560. The highest BCUT2D eigenvalue weighted by atomic mass is 16.5. The van der Waals surface area contributed by atoms with E-state index in [1.165, 1.54) is 6.07 Å². The highest BCUT2D eigenvalue weighted by molar-refractivity contribution is 6.26. The number of amides is 5. The maximum atomic E-state index is 13.1. The van der Waals surface area contributed by atoms with E-state index in [4.69, 9.17) is 9.47 Å². The van der Waals surface area contributed by atoms with Crippen LogP contribution in [-0.2, 0) is 23.9 Å². The third-order valence-electron chi connectivity index (χ3n) is 5.99. The van der Waals surface area contributed by atoms with Gasteiger partial charge in [0.15, 0.2) is 0 Å². The number of fused-ring (bicyclic) bond motifs is 1. The minimum absolute atomic E-state index is 0.0446. The Morgan fingerprint density at radius 3 is 2.50 bits per heavy atom. The van der Waals surface area contributed by atoms with Crippen LogP contribution >= 0.6 is 0 Å². The summed E-state index contributed by atoms with van der Waals surface area (Å²) in [5.41, 5.74) is 0.440. The lowest BCUT2D eigenvalue weighted by Gasteiger charge is -2.27. The summed E-state index contributed by atoms with van der Waals surface area (Å²) in [6, 6.07) is 3.58. The first-order chi connectivity index (χ1) is 17.3. The van der Waals surface area contributed by atoms with Crippen LogP contribution in [0, 0.1) is 0 Å². The molecule has 0 radical (unpaired) electrons. The molecular formula is C25H34N4O7. The van der Waals surface area contributed by atoms with Crippen LogP contribution in [0.15, 0.2) is 18.2 Å². The zero-order valence-electron chi connectivity index (χ0n) is 20.8. The molecule has 3 rings (SSSR count). The topological polar surface area (TPSA) is 134 Å². The normalized spacial score (nSPS) is 17.5. The molecule has 1 atom stereocenters. The SMILES string of the molecule is CN(C)CCOCCOCCCCCC(=O)Nc1cccc2c1C(=O)N(C1CCC(=O)NC1=O)C2=O. The lowest BCUT2D eigenvalue weighted by Crippen LogP contribution is -2.54. The molecule has 2 heterocycles. The molecule has 0 aromatic heterocycles. The molecule has 11 heteroatoms. The molecule has 0 saturated carbocycles. The Morgan fingerprint density at radius 1 is 1.03 bits per heavy atom. The number of piperidine rings is 1. The Morgan fingerprint density at radius 2 is 1.78 bits per heavy atom. The molecule has 5 amide bonds. The van der Waals surface area contributed by atoms with Gasteiger partial charge in [0.05, 0.1) is 36.6 Å². The molecule has 1 fully saturated rings. The number of hydrogen-bond donors (Lipinski definition) is 2. The summed E-state index contributed by atoms with van der Waals surface area (Å²) < 4.78 is 11.0. The van der Waals surface area contributed by atoms with Crippen molar-refractivity contribution in [3.8, 4) is 0 Å². The van der Waals surface area contributed by atoms with E-state index in [2.05, 4.69) is 15.5 Å². The van der Waals surface area contributed by atoms with Gasteiger partial charge in [-0.05, 0) is 45.5 Å². The van der Waals surface area contributed by atoms with Crippen LogP contribution in [0.4, 0.5) is 5.69 Å². The molecule has 196 valence electrons. The number of nitrogens with zero attached hydrogens (tertiary/aromatic N) is 2. The fourth-order valence-corrected chi connectivity index (χ4v) is 4.07. The Labute approximate surface area is 210 Å². The Hall–Kier alpha value is -3.15. The Kier molecular flexibility index (Phi) is 10.1. The van der Waals surface area contributed by atoms with Crippen LogP contribution in [0.2, 0.25) is 0 Å². The van der Waals surface area contributed by atoms with E-state index in [1.807, 2.05) is 14.1 Å². The minimum Gasteiger partial charge on any atom is -0.379 e. The quantitative estimate of drug-likeness (QED) is 0.286. The first-order valence-corrected chi connectivity index (χ1v) is 12.2. The highest BCUT2D eigenvalue weighted by Crippen LogP contribution is 2.32. The van der Waals surface area contributed by atoms with Gasteiger partial charge in [-0.1, -0.05) is 12.5 Å². The van der Waals surface area contributed by atoms with Crippen molar-refractivity contribution >= 4 is 35.2 Å². The predicted molar refractivity (Wildman–Crippen MR) is 130 cm³/mol. The maximum Gasteiger partial charge on any atom is 0.264 e. The van der Waals surface area contributed by atoms with Crippen molar-refractivity contribution in [1.29, 1.82) is 0 Å². The summed E-state index contributed by atoms with van der Waals surface area (Å²) in [5, 5.41) is 4.90. The van der Waals surface area contributed by atoms with Crippen molar-refractivity contribution in [3.63, 3.8) is 0 Å². The number of carbonyl (C=O) groups excluding carboxylic acids is 5. The van der Waals surface area contributed by atoms with E-state index >= 15 is 0 Å². The van der Waals surface area contributed by atoms with Crippen molar-refractivity contribution in [1.82, 2.24) is 15.1 Å². The van der Waals surface area contributed by atoms with Gasteiger partial charge in [-0.2, -0.15) is 0 Å². The number of hydrogen-bond acceptors (Lipinski definition) is 8. The van der Waals surface area contributed by atoms with Gasteiger partial charge < -0.3 is 19.7 Å². The second-order valence-corrected chi connectivity index (χ2v) is 9.06. The van der Waals surface area contributed by atoms with Crippen LogP contribution in [-0.4, -0.2) is 92.4 Å². The van der Waals surface area contributed by atoms with Gasteiger partial charge in [0.25, 0.3) is 11.8 Å². The molecule has 0 bridgehead atoms. The summed E-state index contributed by atoms with van der Waals surface area (Å²) >= 11 is 0. The number of benzene rings is 1. The summed E-state index contributed by atoms with van der Waals surface area (Å²) in [6.45, 7) is 3.23. The molecule has 11 nitrogen and oxygen atoms in total. The van der Waals surface area contributed by atoms with Crippen molar-refractivity contribution in [2.24, 2.45) is 0 Å². The fourth-order valence-electron chi connectivity index (χ4n) is 4.07. The van der Waals surface area contributed by atoms with Gasteiger partial charge in [-0.15, -0.1) is 0 Å². The highest BCUT2D eigenvalue weighted by Gasteiger charge is 2.45. The zero-order valence-corrected chi connectivity index (χ0v) is 20.8. The first-order valence-electron chi connectivity index (χ1n) is 12.2. The average molecular weight is 503 g/mol. The number of nitrogens with one attached hydrogen (secondary N) is 2. The average Bonchev–Trinajstić information content (AvgIpc) is 3.08. The van der Waals surface area contributed by atoms with Crippen molar-refractivity contribution in [2.45, 2.75) is 44.6 Å². The van der Waals surface area contributed by atoms with E-state index in [9.17, 15) is 24.0 Å². The number of ether oxygens (including phenoxy) is 2. The molecule has 2 aliphatic rings. The van der Waals surface area contributed by atoms with Crippen LogP contribution in [0.3, 0.4) is 0 Å². The van der Waals surface area contributed by atoms with Gasteiger partial charge in [0.1, 0.15) is 6.04 Å². The maximum absolute atomic E-state index is 13.1. The second-order valence-electron chi connectivity index (χ2n) is 9.06. The van der Waals surface area contributed by atoms with Gasteiger partial charge in [-0.25, -0.2) is 0 Å². The summed E-state index contributed by atoms with van der Waals surface area (Å²) in [4.78, 5) is 65.0. The van der Waals surface area contributed by atoms with Crippen LogP contribution in [0.5, 0.6) is 0 Å². The lowest BCUT2D eigenvalue weighted by molar-refractivity contribution is -0.136. The summed E-state index contributed by atoms with van der Waals surface area (Å²) in [7, 11) is 3.98. The number of imide groups is 2. The van der Waals surface area contributed by atoms with E-state index in [-0.39, 0.29) is 42.0 Å². The van der Waals surface area contributed by atoms with E-state index in [1.54, 1.807) is 12.1 Å². The number of rotatable bonds is 14. The molecular weight excluding hydrogens is 468 g/mol. The number of unbranched alkanes of at least 4 members (excludes halogenated alkanes) is 2. The van der Waals surface area contributed by atoms with Crippen molar-refractivity contribution in [3.05, 3.63) is 29.3 Å². The molecule has 1 unspecified atom stereocenters. The summed E-state index contributed by atoms with van der Waals surface area (Å²) in [6.07, 6.45) is 2.66. The van der Waals surface area contributed by atoms with Crippen LogP contribution < -0.4 is 10.6 Å². The largest absolute Gasteiger partial charge is 0.379 e. The smallest absolute Gasteiger partial charge is 0.264 e. The van der Waals surface area contributed by atoms with E-state index in [0.29, 0.717) is 32.8 Å². The Balaban J connectivity index is 1.41. The minimum atomic E-state index is -1.05. The number of anilines is 1. The van der Waals surface area contributed by atoms with Crippen LogP contribution in [0.25, 0.3) is 0 Å². The van der Waals surface area contributed by atoms with Gasteiger partial charge in [-0.3, -0.25) is 34.2 Å². The predicted octanol–water partition coefficient (Wildman–Crippen LogP) is 1.18. The van der Waals surface area contributed by atoms with Gasteiger partial charge in [0.2, 0.25) is 17.7 Å². The lowest BCUT2D eigenvalue weighted by atomic mass is 10.0. The molecule has 1 aromatic carbocycles. The molecule has 2 aliphatic heterocycles. The molecule has 36 heavy (non-hydrogen) atoms. The monoisotopic (exact) mass is 502 g/mol. The second kappa shape index (κ2) is 13.2. The Bertz CT molecular complexity index is 995. The third kappa shape index (κ3) is 7.19. The third-order valence-corrected chi connectivity index (χ3v) is 5.99. The summed E-state index contributed by atoms with van der Waals surface area (Å²) in [5.74, 6) is -2.63. The van der Waals surface area contributed by atoms with Crippen molar-refractivity contribution in [2.75, 3.05) is 52.4 Å². The van der Waals surface area contributed by atoms with E-state index in [0.717, 1.165) is 24.3 Å². The van der Waals surface area contributed by atoms with Crippen molar-refractivity contribution < 1.29 is 33.4 Å². The molecule has 1 saturated heterocycles. The standard InChI is InChI=1S/C25H34N4O7/c1-28(2)12-14-36-16-15-35-13-5-3-4-9-20(30)26-18-8-6-7-17-22(18)25(34)29(24(17)33)19-10-11-21(31)27-23(19)32/h6-8,19H,3-5,9-16H2,1-2H3,(H,26,30)(H,27,31,32). The number of likely N-dealkylation sites (N-methyl/N-ethyl adjacent to an activating group) is 1. The molecule has 0 aliphatic carbocycles. The van der Waals surface area contributed by atoms with E-state index < -0.39 is 29.7 Å². The zero-order chi connectivity index (χ0) is 26.1. The van der Waals surface area contributed by atoms with Crippen LogP contribution in [0.1, 0.15) is 59.2 Å². The molecule has 1 aromatic rings. The molecule has 0 spiro atoms. The van der Waals surface area contributed by atoms with Gasteiger partial charge in [0, 0.05) is 26.0 Å².